The minimum atomic E-state index is 0.778. The first-order valence-corrected chi connectivity index (χ1v) is 5.77. The minimum Gasteiger partial charge on any atom is -0.479 e. The quantitative estimate of drug-likeness (QED) is 0.627. The van der Waals surface area contributed by atoms with Crippen molar-refractivity contribution in [1.82, 2.24) is 0 Å². The molecule has 2 heterocycles. The van der Waals surface area contributed by atoms with Crippen molar-refractivity contribution >= 4 is 11.8 Å². The maximum Gasteiger partial charge on any atom is 0.183 e. The van der Waals surface area contributed by atoms with Gasteiger partial charge in [-0.15, -0.1) is 0 Å². The summed E-state index contributed by atoms with van der Waals surface area (Å²) in [5, 5.41) is 0. The fourth-order valence-corrected chi connectivity index (χ4v) is 1.79. The first kappa shape index (κ1) is 10.5. The molecule has 15 heavy (non-hydrogen) atoms. The van der Waals surface area contributed by atoms with E-state index in [1.807, 2.05) is 0 Å². The molecular weight excluding hydrogens is 192 g/mol. The molecule has 0 N–H and O–H groups in total. The Morgan fingerprint density at radius 1 is 0.800 bits per heavy atom. The Labute approximate surface area is 90.4 Å². The monoisotopic (exact) mass is 210 g/mol. The van der Waals surface area contributed by atoms with Gasteiger partial charge in [-0.1, -0.05) is 6.42 Å². The van der Waals surface area contributed by atoms with Gasteiger partial charge >= 0.3 is 0 Å². The van der Waals surface area contributed by atoms with Gasteiger partial charge in [0.05, 0.1) is 13.1 Å². The van der Waals surface area contributed by atoms with Crippen LogP contribution in [0, 0.1) is 0 Å². The number of aliphatic imine (C=N–C) groups is 2. The summed E-state index contributed by atoms with van der Waals surface area (Å²) in [4.78, 5) is 8.51. The van der Waals surface area contributed by atoms with Crippen LogP contribution in [0.1, 0.15) is 32.1 Å². The fourth-order valence-electron chi connectivity index (χ4n) is 1.79. The van der Waals surface area contributed by atoms with Crippen molar-refractivity contribution < 1.29 is 9.47 Å². The van der Waals surface area contributed by atoms with Gasteiger partial charge in [0, 0.05) is 12.8 Å². The molecule has 2 aliphatic heterocycles. The van der Waals surface area contributed by atoms with Gasteiger partial charge in [0.1, 0.15) is 13.2 Å². The van der Waals surface area contributed by atoms with Crippen molar-refractivity contribution in [2.45, 2.75) is 32.1 Å². The van der Waals surface area contributed by atoms with Crippen molar-refractivity contribution in [3.8, 4) is 0 Å². The molecule has 0 fully saturated rings. The third kappa shape index (κ3) is 3.53. The molecule has 4 heteroatoms. The molecule has 0 bridgehead atoms. The Hall–Kier alpha value is -1.06. The summed E-state index contributed by atoms with van der Waals surface area (Å²) >= 11 is 0. The van der Waals surface area contributed by atoms with Gasteiger partial charge < -0.3 is 9.47 Å². The first-order chi connectivity index (χ1) is 7.45. The highest BCUT2D eigenvalue weighted by Gasteiger charge is 2.08. The lowest BCUT2D eigenvalue weighted by atomic mass is 10.1. The molecule has 0 aromatic heterocycles. The van der Waals surface area contributed by atoms with Crippen LogP contribution in [0.2, 0.25) is 0 Å². The predicted octanol–water partition coefficient (Wildman–Crippen LogP) is 1.79. The van der Waals surface area contributed by atoms with Crippen molar-refractivity contribution in [1.29, 1.82) is 0 Å². The van der Waals surface area contributed by atoms with E-state index in [9.17, 15) is 0 Å². The standard InChI is InChI=1S/C11H18N2O2/c1(2-4-10-12-6-8-14-10)3-5-11-13-7-9-15-11/h1-9H2. The lowest BCUT2D eigenvalue weighted by Crippen LogP contribution is -2.00. The van der Waals surface area contributed by atoms with Crippen LogP contribution in [0.4, 0.5) is 0 Å². The fraction of sp³-hybridized carbons (Fsp3) is 0.818. The van der Waals surface area contributed by atoms with Crippen LogP contribution >= 0.6 is 0 Å². The molecule has 0 atom stereocenters. The second kappa shape index (κ2) is 5.73. The number of ether oxygens (including phenoxy) is 2. The summed E-state index contributed by atoms with van der Waals surface area (Å²) in [6, 6.07) is 0. The highest BCUT2D eigenvalue weighted by molar-refractivity contribution is 5.77. The molecule has 0 saturated heterocycles. The summed E-state index contributed by atoms with van der Waals surface area (Å²) in [6.45, 7) is 3.25. The Kier molecular flexibility index (Phi) is 4.00. The van der Waals surface area contributed by atoms with Crippen molar-refractivity contribution in [3.63, 3.8) is 0 Å². The summed E-state index contributed by atoms with van der Waals surface area (Å²) in [5.74, 6) is 1.90. The molecule has 4 nitrogen and oxygen atoms in total. The number of unbranched alkanes of at least 4 members (excludes halogenated alkanes) is 2. The van der Waals surface area contributed by atoms with E-state index in [2.05, 4.69) is 9.98 Å². The van der Waals surface area contributed by atoms with Crippen molar-refractivity contribution in [2.24, 2.45) is 9.98 Å². The van der Waals surface area contributed by atoms with E-state index in [1.165, 1.54) is 6.42 Å². The summed E-state index contributed by atoms with van der Waals surface area (Å²) in [7, 11) is 0. The molecular formula is C11H18N2O2. The van der Waals surface area contributed by atoms with Gasteiger partial charge in [-0.2, -0.15) is 0 Å². The summed E-state index contributed by atoms with van der Waals surface area (Å²) in [5.41, 5.74) is 0. The maximum absolute atomic E-state index is 5.33. The van der Waals surface area contributed by atoms with Crippen molar-refractivity contribution in [2.75, 3.05) is 26.3 Å². The van der Waals surface area contributed by atoms with E-state index in [0.717, 1.165) is 63.8 Å². The number of rotatable bonds is 6. The number of hydrogen-bond donors (Lipinski definition) is 0. The second-order valence-corrected chi connectivity index (χ2v) is 3.81. The van der Waals surface area contributed by atoms with Gasteiger partial charge in [0.25, 0.3) is 0 Å². The maximum atomic E-state index is 5.33. The molecule has 0 unspecified atom stereocenters. The molecule has 0 aromatic carbocycles. The number of nitrogens with zero attached hydrogens (tertiary/aromatic N) is 2. The zero-order valence-electron chi connectivity index (χ0n) is 9.07. The Bertz CT molecular complexity index is 235. The Morgan fingerprint density at radius 2 is 1.33 bits per heavy atom. The molecule has 2 rings (SSSR count). The molecule has 0 aliphatic carbocycles. The van der Waals surface area contributed by atoms with Gasteiger partial charge in [0.15, 0.2) is 11.8 Å². The predicted molar refractivity (Wildman–Crippen MR) is 59.6 cm³/mol. The second-order valence-electron chi connectivity index (χ2n) is 3.81. The van der Waals surface area contributed by atoms with Crippen LogP contribution in [0.25, 0.3) is 0 Å². The van der Waals surface area contributed by atoms with Gasteiger partial charge in [-0.25, -0.2) is 0 Å². The average molecular weight is 210 g/mol. The molecule has 0 aromatic rings. The van der Waals surface area contributed by atoms with Gasteiger partial charge in [0.2, 0.25) is 0 Å². The summed E-state index contributed by atoms with van der Waals surface area (Å²) in [6.07, 6.45) is 5.50. The van der Waals surface area contributed by atoms with Gasteiger partial charge in [-0.3, -0.25) is 9.98 Å². The van der Waals surface area contributed by atoms with Gasteiger partial charge in [-0.05, 0) is 12.8 Å². The Balaban J connectivity index is 1.48. The third-order valence-electron chi connectivity index (χ3n) is 2.58. The molecule has 0 amide bonds. The van der Waals surface area contributed by atoms with Crippen molar-refractivity contribution in [3.05, 3.63) is 0 Å². The average Bonchev–Trinajstić information content (AvgIpc) is 2.88. The lowest BCUT2D eigenvalue weighted by Gasteiger charge is -2.02. The van der Waals surface area contributed by atoms with E-state index in [1.54, 1.807) is 0 Å². The molecule has 84 valence electrons. The summed E-state index contributed by atoms with van der Waals surface area (Å²) < 4.78 is 10.7. The van der Waals surface area contributed by atoms with Crippen LogP contribution in [0.5, 0.6) is 0 Å². The molecule has 0 radical (unpaired) electrons. The molecule has 0 saturated carbocycles. The number of hydrogen-bond acceptors (Lipinski definition) is 4. The van der Waals surface area contributed by atoms with E-state index in [0.29, 0.717) is 0 Å². The van der Waals surface area contributed by atoms with Crippen LogP contribution < -0.4 is 0 Å². The largest absolute Gasteiger partial charge is 0.479 e. The van der Waals surface area contributed by atoms with E-state index < -0.39 is 0 Å². The molecule has 0 spiro atoms. The molecule has 2 aliphatic rings. The highest BCUT2D eigenvalue weighted by atomic mass is 16.5. The zero-order valence-corrected chi connectivity index (χ0v) is 9.07. The Morgan fingerprint density at radius 3 is 1.73 bits per heavy atom. The zero-order chi connectivity index (χ0) is 10.3. The van der Waals surface area contributed by atoms with Crippen LogP contribution in [-0.2, 0) is 9.47 Å². The highest BCUT2D eigenvalue weighted by Crippen LogP contribution is 2.09. The SMILES string of the molecule is C(CCC1=NCCO1)CCC1=NCCO1. The van der Waals surface area contributed by atoms with Crippen LogP contribution in [0.15, 0.2) is 9.98 Å². The smallest absolute Gasteiger partial charge is 0.183 e. The minimum absolute atomic E-state index is 0.778. The lowest BCUT2D eigenvalue weighted by molar-refractivity contribution is 0.333. The van der Waals surface area contributed by atoms with E-state index in [-0.39, 0.29) is 0 Å². The van der Waals surface area contributed by atoms with Crippen LogP contribution in [-0.4, -0.2) is 38.1 Å². The van der Waals surface area contributed by atoms with Crippen LogP contribution in [0.3, 0.4) is 0 Å². The van der Waals surface area contributed by atoms with E-state index >= 15 is 0 Å². The van der Waals surface area contributed by atoms with E-state index in [4.69, 9.17) is 9.47 Å². The third-order valence-corrected chi connectivity index (χ3v) is 2.58. The normalized spacial score (nSPS) is 19.5. The first-order valence-electron chi connectivity index (χ1n) is 5.77. The topological polar surface area (TPSA) is 43.2 Å².